The van der Waals surface area contributed by atoms with E-state index >= 15 is 0 Å². The molecule has 2 aliphatic carbocycles. The van der Waals surface area contributed by atoms with Gasteiger partial charge in [0.1, 0.15) is 52.3 Å². The number of para-hydroxylation sites is 1. The summed E-state index contributed by atoms with van der Waals surface area (Å²) >= 11 is 0. The molecular weight excluding hydrogens is 876 g/mol. The number of amides is 5. The van der Waals surface area contributed by atoms with Crippen molar-refractivity contribution in [3.8, 4) is 5.75 Å². The molecule has 2 saturated carbocycles. The smallest absolute Gasteiger partial charge is 0.410 e. The molecule has 9 rings (SSSR count). The Balaban J connectivity index is 1.00. The van der Waals surface area contributed by atoms with Gasteiger partial charge in [0.2, 0.25) is 21.8 Å². The number of alkyl carbamates (subject to hydrolysis) is 1. The highest BCUT2D eigenvalue weighted by atomic mass is 32.2. The summed E-state index contributed by atoms with van der Waals surface area (Å²) in [6.45, 7) is 5.81. The minimum absolute atomic E-state index is 0.0929. The van der Waals surface area contributed by atoms with E-state index in [2.05, 4.69) is 15.4 Å². The van der Waals surface area contributed by atoms with Crippen LogP contribution in [0.5, 0.6) is 5.75 Å². The highest BCUT2D eigenvalue weighted by Crippen LogP contribution is 2.46. The summed E-state index contributed by atoms with van der Waals surface area (Å²) in [7, 11) is -3.97. The van der Waals surface area contributed by atoms with Crippen LogP contribution in [0.4, 0.5) is 14.0 Å². The van der Waals surface area contributed by atoms with Crippen molar-refractivity contribution in [2.75, 3.05) is 19.6 Å². The molecule has 4 fully saturated rings. The molecule has 0 unspecified atom stereocenters. The number of pyridine rings is 1. The number of hydrogen-bond donors (Lipinski definition) is 3. The lowest BCUT2D eigenvalue weighted by Gasteiger charge is -2.33. The minimum Gasteiger partial charge on any atom is -0.484 e. The Morgan fingerprint density at radius 2 is 1.74 bits per heavy atom. The Kier molecular flexibility index (Phi) is 12.1. The Morgan fingerprint density at radius 1 is 0.970 bits per heavy atom. The molecule has 17 nitrogen and oxygen atoms in total. The fraction of sp³-hybridized carbons (Fsp3) is 0.532. The van der Waals surface area contributed by atoms with E-state index in [0.29, 0.717) is 85.4 Å². The number of rotatable bonds is 7. The second kappa shape index (κ2) is 17.7. The number of likely N-dealkylation sites (tertiary alicyclic amines) is 1. The van der Waals surface area contributed by atoms with Crippen LogP contribution in [0.25, 0.3) is 33.0 Å². The highest BCUT2D eigenvalue weighted by molar-refractivity contribution is 7.91. The van der Waals surface area contributed by atoms with Gasteiger partial charge in [-0.05, 0) is 89.6 Å². The van der Waals surface area contributed by atoms with Crippen LogP contribution in [0.1, 0.15) is 91.4 Å². The predicted octanol–water partition coefficient (Wildman–Crippen LogP) is 6.12. The first kappa shape index (κ1) is 45.2. The topological polar surface area (TPSA) is 216 Å². The van der Waals surface area contributed by atoms with Gasteiger partial charge in [-0.25, -0.2) is 27.4 Å². The molecule has 66 heavy (non-hydrogen) atoms. The number of carbonyl (C=O) groups is 5. The molecule has 352 valence electrons. The standard InChI is InChI=1S/C47H55FN6O11S/c1-46(2,3)65-45(59)53-21-19-29(20-22-53)63-44(58)50-35-13-8-6-4-5-7-11-27-25-47(27,43(57)52-66(60,61)31-16-17-31)51-41(55)36-24-30(26-54(36)42(35)56)62-39-33-23-28(48)15-18-34(33)49-38-32-12-9-10-14-37(32)64-40(38)39/h7,9-12,14-15,18,23,27,29-31,35-36H,4-6,8,13,16-17,19-22,24-26H2,1-3H3,(H,50,58)(H,51,55)(H,52,57)/b11-7-/t27-,30-,35+,36+,47-/m1/s1. The van der Waals surface area contributed by atoms with E-state index in [4.69, 9.17) is 23.6 Å². The number of piperidine rings is 1. The van der Waals surface area contributed by atoms with E-state index in [0.717, 1.165) is 6.42 Å². The fourth-order valence-corrected chi connectivity index (χ4v) is 10.6. The number of hydrogen-bond acceptors (Lipinski definition) is 12. The largest absolute Gasteiger partial charge is 0.484 e. The van der Waals surface area contributed by atoms with Crippen molar-refractivity contribution >= 4 is 72.9 Å². The van der Waals surface area contributed by atoms with Crippen LogP contribution < -0.4 is 20.1 Å². The number of sulfonamides is 1. The quantitative estimate of drug-likeness (QED) is 0.179. The molecular formula is C47H55FN6O11S. The first-order valence-electron chi connectivity index (χ1n) is 22.9. The summed E-state index contributed by atoms with van der Waals surface area (Å²) in [5.41, 5.74) is -0.599. The van der Waals surface area contributed by atoms with E-state index in [1.54, 1.807) is 37.8 Å². The Morgan fingerprint density at radius 3 is 2.50 bits per heavy atom. The normalized spacial score (nSPS) is 26.1. The molecule has 5 amide bonds. The van der Waals surface area contributed by atoms with Crippen LogP contribution in [0.2, 0.25) is 0 Å². The maximum atomic E-state index is 14.9. The molecule has 5 aliphatic rings. The molecule has 3 aliphatic heterocycles. The van der Waals surface area contributed by atoms with E-state index in [1.165, 1.54) is 23.1 Å². The molecule has 0 bridgehead atoms. The number of benzene rings is 2. The summed E-state index contributed by atoms with van der Waals surface area (Å²) in [6, 6.07) is 8.97. The number of furan rings is 1. The zero-order chi connectivity index (χ0) is 46.5. The molecule has 0 spiro atoms. The van der Waals surface area contributed by atoms with Gasteiger partial charge in [0.15, 0.2) is 11.3 Å². The SMILES string of the molecule is CC(C)(C)OC(=O)N1CCC(OC(=O)N[C@H]2CCCCC/C=C\[C@@H]3C[C@@]3(C(=O)NS(=O)(=O)C3CC3)NC(=O)[C@@H]3C[C@@H](Oc4c5cc(F)ccc5nc5c4oc4ccccc45)CN3C2=O)CC1. The number of halogens is 1. The molecule has 2 aromatic carbocycles. The third kappa shape index (κ3) is 9.49. The third-order valence-electron chi connectivity index (χ3n) is 13.0. The second-order valence-corrected chi connectivity index (χ2v) is 21.1. The van der Waals surface area contributed by atoms with Gasteiger partial charge in [-0.1, -0.05) is 37.1 Å². The lowest BCUT2D eigenvalue weighted by atomic mass is 10.0. The van der Waals surface area contributed by atoms with Gasteiger partial charge in [0.05, 0.1) is 17.3 Å². The van der Waals surface area contributed by atoms with Crippen molar-refractivity contribution in [2.45, 2.75) is 132 Å². The van der Waals surface area contributed by atoms with Crippen molar-refractivity contribution in [3.63, 3.8) is 0 Å². The summed E-state index contributed by atoms with van der Waals surface area (Å²) < 4.78 is 67.4. The van der Waals surface area contributed by atoms with E-state index in [9.17, 15) is 36.8 Å². The summed E-state index contributed by atoms with van der Waals surface area (Å²) in [4.78, 5) is 77.5. The maximum absolute atomic E-state index is 14.9. The van der Waals surface area contributed by atoms with Gasteiger partial charge >= 0.3 is 12.2 Å². The first-order valence-corrected chi connectivity index (χ1v) is 24.4. The first-order chi connectivity index (χ1) is 31.5. The summed E-state index contributed by atoms with van der Waals surface area (Å²) in [5, 5.41) is 5.98. The zero-order valence-corrected chi connectivity index (χ0v) is 38.0. The van der Waals surface area contributed by atoms with Gasteiger partial charge in [-0.3, -0.25) is 19.1 Å². The molecule has 3 N–H and O–H groups in total. The van der Waals surface area contributed by atoms with Crippen molar-refractivity contribution in [3.05, 3.63) is 60.4 Å². The number of nitrogens with zero attached hydrogens (tertiary/aromatic N) is 3. The molecule has 2 aromatic heterocycles. The minimum atomic E-state index is -3.97. The number of allylic oxidation sites excluding steroid dienone is 1. The number of carbonyl (C=O) groups excluding carboxylic acids is 5. The molecule has 4 aromatic rings. The molecule has 0 radical (unpaired) electrons. The van der Waals surface area contributed by atoms with Gasteiger partial charge in [0, 0.05) is 49.0 Å². The average molecular weight is 931 g/mol. The van der Waals surface area contributed by atoms with Crippen LogP contribution in [0.15, 0.2) is 59.0 Å². The number of ether oxygens (including phenoxy) is 3. The third-order valence-corrected chi connectivity index (χ3v) is 14.8. The zero-order valence-electron chi connectivity index (χ0n) is 37.2. The number of fused-ring (bicyclic) bond motifs is 6. The van der Waals surface area contributed by atoms with Gasteiger partial charge in [-0.15, -0.1) is 0 Å². The average Bonchev–Trinajstić information content (AvgIpc) is 4.17. The Hall–Kier alpha value is -5.98. The van der Waals surface area contributed by atoms with Crippen molar-refractivity contribution in [1.29, 1.82) is 0 Å². The summed E-state index contributed by atoms with van der Waals surface area (Å²) in [5.74, 6) is -3.03. The maximum Gasteiger partial charge on any atom is 0.410 e. The highest BCUT2D eigenvalue weighted by Gasteiger charge is 2.62. The Labute approximate surface area is 381 Å². The second-order valence-electron chi connectivity index (χ2n) is 19.1. The van der Waals surface area contributed by atoms with Crippen molar-refractivity contribution in [1.82, 2.24) is 30.1 Å². The van der Waals surface area contributed by atoms with Crippen molar-refractivity contribution < 1.29 is 55.4 Å². The molecule has 5 heterocycles. The molecule has 19 heteroatoms. The van der Waals surface area contributed by atoms with Crippen LogP contribution in [0, 0.1) is 11.7 Å². The van der Waals surface area contributed by atoms with Crippen LogP contribution in [-0.4, -0.2) is 113 Å². The monoisotopic (exact) mass is 930 g/mol. The van der Waals surface area contributed by atoms with E-state index in [1.807, 2.05) is 24.3 Å². The van der Waals surface area contributed by atoms with Gasteiger partial charge in [-0.2, -0.15) is 0 Å². The molecule has 2 saturated heterocycles. The van der Waals surface area contributed by atoms with Gasteiger partial charge < -0.3 is 39.1 Å². The lowest BCUT2D eigenvalue weighted by Crippen LogP contribution is -2.58. The lowest BCUT2D eigenvalue weighted by molar-refractivity contribution is -0.141. The number of aromatic nitrogens is 1. The van der Waals surface area contributed by atoms with Crippen LogP contribution in [0.3, 0.4) is 0 Å². The number of nitrogens with one attached hydrogen (secondary N) is 3. The molecule has 5 atom stereocenters. The fourth-order valence-electron chi connectivity index (χ4n) is 9.27. The van der Waals surface area contributed by atoms with E-state index in [-0.39, 0.29) is 37.1 Å². The van der Waals surface area contributed by atoms with Gasteiger partial charge in [0.25, 0.3) is 5.91 Å². The van der Waals surface area contributed by atoms with E-state index < -0.39 is 92.3 Å². The summed E-state index contributed by atoms with van der Waals surface area (Å²) in [6.07, 6.45) is 5.47. The van der Waals surface area contributed by atoms with Crippen molar-refractivity contribution in [2.24, 2.45) is 5.92 Å². The predicted molar refractivity (Wildman–Crippen MR) is 239 cm³/mol. The van der Waals surface area contributed by atoms with Crippen LogP contribution >= 0.6 is 0 Å². The van der Waals surface area contributed by atoms with Crippen LogP contribution in [-0.2, 0) is 33.9 Å². The Bertz CT molecular complexity index is 2730.